The molecule has 0 aliphatic rings. The zero-order valence-corrected chi connectivity index (χ0v) is 13.0. The minimum absolute atomic E-state index is 0.274. The zero-order valence-electron chi connectivity index (χ0n) is 12.3. The molecule has 4 N–H and O–H groups in total. The molecule has 0 bridgehead atoms. The van der Waals surface area contributed by atoms with Crippen LogP contribution in [0.15, 0.2) is 12.1 Å². The number of hydrogen-bond donors (Lipinski definition) is 4. The molecule has 0 aromatic heterocycles. The van der Waals surface area contributed by atoms with Gasteiger partial charge in [0.1, 0.15) is 11.5 Å². The maximum absolute atomic E-state index is 11.8. The predicted molar refractivity (Wildman–Crippen MR) is 79.8 cm³/mol. The number of amides is 2. The molecule has 8 nitrogen and oxygen atoms in total. The van der Waals surface area contributed by atoms with Gasteiger partial charge in [-0.3, -0.25) is 0 Å². The molecule has 22 heavy (non-hydrogen) atoms. The first-order chi connectivity index (χ1) is 10.2. The highest BCUT2D eigenvalue weighted by molar-refractivity contribution is 6.32. The molecule has 0 fully saturated rings. The van der Waals surface area contributed by atoms with Crippen LogP contribution in [0.3, 0.4) is 0 Å². The van der Waals surface area contributed by atoms with E-state index >= 15 is 0 Å². The molecule has 122 valence electrons. The Labute approximate surface area is 132 Å². The first kappa shape index (κ1) is 17.9. The van der Waals surface area contributed by atoms with Crippen LogP contribution < -0.4 is 20.1 Å². The molecule has 0 aliphatic carbocycles. The molecule has 0 saturated heterocycles. The summed E-state index contributed by atoms with van der Waals surface area (Å²) in [4.78, 5) is 22.5. The summed E-state index contributed by atoms with van der Waals surface area (Å²) in [5.41, 5.74) is -1.80. The third-order valence-corrected chi connectivity index (χ3v) is 3.07. The Hall–Kier alpha value is -2.19. The zero-order chi connectivity index (χ0) is 16.9. The van der Waals surface area contributed by atoms with E-state index in [2.05, 4.69) is 10.6 Å². The molecule has 0 spiro atoms. The Kier molecular flexibility index (Phi) is 5.84. The molecule has 1 aromatic rings. The summed E-state index contributed by atoms with van der Waals surface area (Å²) < 4.78 is 10.1. The number of nitrogens with one attached hydrogen (secondary N) is 2. The minimum atomic E-state index is -2.07. The number of carboxylic acids is 1. The topological polar surface area (TPSA) is 117 Å². The summed E-state index contributed by atoms with van der Waals surface area (Å²) in [6.45, 7) is 0.600. The second-order valence-electron chi connectivity index (χ2n) is 4.57. The molecule has 2 amide bonds. The maximum Gasteiger partial charge on any atom is 0.337 e. The van der Waals surface area contributed by atoms with Crippen LogP contribution in [0, 0.1) is 0 Å². The standard InChI is InChI=1S/C13H17ClN2O6/c1-13(20,11(17)18)6-15-12(19)16-8-5-9(21-2)7(14)4-10(8)22-3/h4-5,20H,6H2,1-3H3,(H,17,18)(H2,15,16,19). The lowest BCUT2D eigenvalue weighted by atomic mass is 10.1. The van der Waals surface area contributed by atoms with Gasteiger partial charge in [-0.05, 0) is 6.92 Å². The van der Waals surface area contributed by atoms with Crippen LogP contribution in [0.2, 0.25) is 5.02 Å². The second-order valence-corrected chi connectivity index (χ2v) is 4.98. The molecule has 1 atom stereocenters. The third kappa shape index (κ3) is 4.40. The van der Waals surface area contributed by atoms with Crippen molar-refractivity contribution in [1.82, 2.24) is 5.32 Å². The SMILES string of the molecule is COc1cc(NC(=O)NCC(C)(O)C(=O)O)c(OC)cc1Cl. The number of rotatable bonds is 6. The van der Waals surface area contributed by atoms with Gasteiger partial charge >= 0.3 is 12.0 Å². The van der Waals surface area contributed by atoms with Gasteiger partial charge in [-0.25, -0.2) is 9.59 Å². The highest BCUT2D eigenvalue weighted by atomic mass is 35.5. The number of carbonyl (C=O) groups excluding carboxylic acids is 1. The lowest BCUT2D eigenvalue weighted by molar-refractivity contribution is -0.155. The Morgan fingerprint density at radius 1 is 1.27 bits per heavy atom. The van der Waals surface area contributed by atoms with E-state index in [0.717, 1.165) is 6.92 Å². The molecule has 1 aromatic carbocycles. The van der Waals surface area contributed by atoms with Crippen LogP contribution in [0.4, 0.5) is 10.5 Å². The number of hydrogen-bond acceptors (Lipinski definition) is 5. The van der Waals surface area contributed by atoms with E-state index in [9.17, 15) is 14.7 Å². The number of halogens is 1. The van der Waals surface area contributed by atoms with Crippen molar-refractivity contribution in [1.29, 1.82) is 0 Å². The summed E-state index contributed by atoms with van der Waals surface area (Å²) in [7, 11) is 2.82. The van der Waals surface area contributed by atoms with Gasteiger partial charge in [-0.2, -0.15) is 0 Å². The second kappa shape index (κ2) is 7.19. The summed E-state index contributed by atoms with van der Waals surface area (Å²) >= 11 is 5.94. The van der Waals surface area contributed by atoms with Crippen molar-refractivity contribution in [2.24, 2.45) is 0 Å². The van der Waals surface area contributed by atoms with Gasteiger partial charge in [-0.15, -0.1) is 0 Å². The van der Waals surface area contributed by atoms with E-state index in [-0.39, 0.29) is 5.69 Å². The van der Waals surface area contributed by atoms with Gasteiger partial charge in [0.05, 0.1) is 31.5 Å². The lowest BCUT2D eigenvalue weighted by Crippen LogP contribution is -2.47. The predicted octanol–water partition coefficient (Wildman–Crippen LogP) is 1.31. The van der Waals surface area contributed by atoms with Gasteiger partial charge in [0.2, 0.25) is 0 Å². The number of methoxy groups -OCH3 is 2. The summed E-state index contributed by atoms with van der Waals surface area (Å²) in [6, 6.07) is 2.20. The van der Waals surface area contributed by atoms with E-state index in [4.69, 9.17) is 26.2 Å². The van der Waals surface area contributed by atoms with Crippen molar-refractivity contribution in [2.75, 3.05) is 26.1 Å². The summed E-state index contributed by atoms with van der Waals surface area (Å²) in [5.74, 6) is -0.820. The van der Waals surface area contributed by atoms with Crippen LogP contribution in [0.25, 0.3) is 0 Å². The van der Waals surface area contributed by atoms with Crippen molar-refractivity contribution in [2.45, 2.75) is 12.5 Å². The van der Waals surface area contributed by atoms with E-state index < -0.39 is 24.1 Å². The molecule has 1 rings (SSSR count). The first-order valence-electron chi connectivity index (χ1n) is 6.13. The monoisotopic (exact) mass is 332 g/mol. The maximum atomic E-state index is 11.8. The number of carboxylic acid groups (broad SMARTS) is 1. The van der Waals surface area contributed by atoms with E-state index in [1.54, 1.807) is 0 Å². The fraction of sp³-hybridized carbons (Fsp3) is 0.385. The number of carbonyl (C=O) groups is 2. The third-order valence-electron chi connectivity index (χ3n) is 2.78. The number of ether oxygens (including phenoxy) is 2. The number of benzene rings is 1. The van der Waals surface area contributed by atoms with Gasteiger partial charge < -0.3 is 30.3 Å². The van der Waals surface area contributed by atoms with Crippen molar-refractivity contribution >= 4 is 29.3 Å². The van der Waals surface area contributed by atoms with Gasteiger partial charge in [0, 0.05) is 12.1 Å². The Morgan fingerprint density at radius 3 is 2.36 bits per heavy atom. The highest BCUT2D eigenvalue weighted by Gasteiger charge is 2.30. The molecule has 0 heterocycles. The van der Waals surface area contributed by atoms with E-state index in [1.807, 2.05) is 0 Å². The molecular weight excluding hydrogens is 316 g/mol. The molecule has 9 heteroatoms. The number of aliphatic hydroxyl groups is 1. The van der Waals surface area contributed by atoms with E-state index in [1.165, 1.54) is 26.4 Å². The molecule has 0 radical (unpaired) electrons. The number of urea groups is 1. The van der Waals surface area contributed by atoms with Crippen molar-refractivity contribution in [3.8, 4) is 11.5 Å². The quantitative estimate of drug-likeness (QED) is 0.624. The van der Waals surface area contributed by atoms with Crippen LogP contribution in [-0.2, 0) is 4.79 Å². The van der Waals surface area contributed by atoms with Crippen LogP contribution in [0.5, 0.6) is 11.5 Å². The smallest absolute Gasteiger partial charge is 0.337 e. The molecule has 0 saturated carbocycles. The average molecular weight is 333 g/mol. The number of anilines is 1. The van der Waals surface area contributed by atoms with Crippen molar-refractivity contribution in [3.05, 3.63) is 17.2 Å². The summed E-state index contributed by atoms with van der Waals surface area (Å²) in [5, 5.41) is 23.3. The van der Waals surface area contributed by atoms with Crippen molar-refractivity contribution in [3.63, 3.8) is 0 Å². The first-order valence-corrected chi connectivity index (χ1v) is 6.51. The van der Waals surface area contributed by atoms with Crippen LogP contribution in [0.1, 0.15) is 6.92 Å². The van der Waals surface area contributed by atoms with Gasteiger partial charge in [0.15, 0.2) is 5.60 Å². The van der Waals surface area contributed by atoms with Crippen molar-refractivity contribution < 1.29 is 29.3 Å². The average Bonchev–Trinajstić information content (AvgIpc) is 2.46. The minimum Gasteiger partial charge on any atom is -0.495 e. The fourth-order valence-corrected chi connectivity index (χ4v) is 1.68. The number of aliphatic carboxylic acids is 1. The van der Waals surface area contributed by atoms with Gasteiger partial charge in [0.25, 0.3) is 0 Å². The highest BCUT2D eigenvalue weighted by Crippen LogP contribution is 2.35. The molecule has 0 aliphatic heterocycles. The Morgan fingerprint density at radius 2 is 1.86 bits per heavy atom. The van der Waals surface area contributed by atoms with Gasteiger partial charge in [-0.1, -0.05) is 11.6 Å². The fourth-order valence-electron chi connectivity index (χ4n) is 1.45. The molecular formula is C13H17ClN2O6. The molecule has 1 unspecified atom stereocenters. The Balaban J connectivity index is 2.82. The van der Waals surface area contributed by atoms with Crippen LogP contribution in [-0.4, -0.2) is 48.6 Å². The van der Waals surface area contributed by atoms with E-state index in [0.29, 0.717) is 16.5 Å². The lowest BCUT2D eigenvalue weighted by Gasteiger charge is -2.19. The summed E-state index contributed by atoms with van der Waals surface area (Å²) in [6.07, 6.45) is 0. The normalized spacial score (nSPS) is 13.0. The van der Waals surface area contributed by atoms with Crippen LogP contribution >= 0.6 is 11.6 Å². The largest absolute Gasteiger partial charge is 0.495 e. The Bertz CT molecular complexity index is 576.